The zero-order valence-electron chi connectivity index (χ0n) is 11.9. The number of benzene rings is 1. The van der Waals surface area contributed by atoms with Gasteiger partial charge < -0.3 is 9.80 Å². The molecule has 1 fully saturated rings. The Hall–Kier alpha value is -0.580. The predicted molar refractivity (Wildman–Crippen MR) is 86.4 cm³/mol. The second-order valence-corrected chi connectivity index (χ2v) is 6.51. The minimum absolute atomic E-state index is 0.0402. The molecule has 1 unspecified atom stereocenters. The van der Waals surface area contributed by atoms with Crippen LogP contribution < -0.4 is 0 Å². The maximum absolute atomic E-state index is 12.8. The number of amides is 1. The molecule has 1 heterocycles. The number of rotatable bonds is 2. The van der Waals surface area contributed by atoms with Crippen molar-refractivity contribution < 1.29 is 4.79 Å². The van der Waals surface area contributed by atoms with E-state index in [2.05, 4.69) is 34.8 Å². The van der Waals surface area contributed by atoms with E-state index in [0.717, 1.165) is 36.9 Å². The molecular weight excluding hydrogens is 340 g/mol. The van der Waals surface area contributed by atoms with Gasteiger partial charge in [-0.15, -0.1) is 0 Å². The van der Waals surface area contributed by atoms with Gasteiger partial charge >= 0.3 is 0 Å². The molecule has 0 bridgehead atoms. The number of hydrogen-bond donors (Lipinski definition) is 0. The van der Waals surface area contributed by atoms with E-state index in [0.29, 0.717) is 10.6 Å². The van der Waals surface area contributed by atoms with Gasteiger partial charge in [0, 0.05) is 23.6 Å². The number of carbonyl (C=O) groups excluding carboxylic acids is 1. The molecule has 0 spiro atoms. The van der Waals surface area contributed by atoms with Crippen LogP contribution in [0.15, 0.2) is 22.7 Å². The minimum atomic E-state index is 0.0402. The van der Waals surface area contributed by atoms with Crippen LogP contribution in [0, 0.1) is 0 Å². The summed E-state index contributed by atoms with van der Waals surface area (Å²) in [5.41, 5.74) is 0.587. The van der Waals surface area contributed by atoms with E-state index in [9.17, 15) is 4.79 Å². The second-order valence-electron chi connectivity index (χ2n) is 5.28. The van der Waals surface area contributed by atoms with Gasteiger partial charge in [0.25, 0.3) is 5.91 Å². The molecule has 2 rings (SSSR count). The van der Waals surface area contributed by atoms with Gasteiger partial charge in [-0.3, -0.25) is 4.79 Å². The highest BCUT2D eigenvalue weighted by molar-refractivity contribution is 9.10. The number of hydrogen-bond acceptors (Lipinski definition) is 2. The summed E-state index contributed by atoms with van der Waals surface area (Å²) >= 11 is 9.65. The summed E-state index contributed by atoms with van der Waals surface area (Å²) < 4.78 is 0.769. The molecule has 110 valence electrons. The maximum atomic E-state index is 12.8. The summed E-state index contributed by atoms with van der Waals surface area (Å²) in [5, 5.41) is 0.505. The Labute approximate surface area is 134 Å². The molecule has 0 aromatic heterocycles. The van der Waals surface area contributed by atoms with Crippen LogP contribution >= 0.6 is 27.5 Å². The van der Waals surface area contributed by atoms with Crippen molar-refractivity contribution in [2.45, 2.75) is 25.8 Å². The summed E-state index contributed by atoms with van der Waals surface area (Å²) in [7, 11) is 2.11. The highest BCUT2D eigenvalue weighted by Gasteiger charge is 2.28. The van der Waals surface area contributed by atoms with Crippen molar-refractivity contribution in [3.8, 4) is 0 Å². The van der Waals surface area contributed by atoms with Crippen LogP contribution in [0.2, 0.25) is 5.02 Å². The normalized spacial score (nSPS) is 20.8. The largest absolute Gasteiger partial charge is 0.334 e. The maximum Gasteiger partial charge on any atom is 0.255 e. The molecule has 1 aromatic carbocycles. The number of likely N-dealkylation sites (N-methyl/N-ethyl adjacent to an activating group) is 1. The standard InChI is InChI=1S/C15H20BrClN2O/c1-3-11-10-18(2)8-5-9-19(11)15(20)12-6-4-7-13(16)14(12)17/h4,6-7,11H,3,5,8-10H2,1-2H3. The third kappa shape index (κ3) is 3.35. The minimum Gasteiger partial charge on any atom is -0.334 e. The van der Waals surface area contributed by atoms with Crippen molar-refractivity contribution in [3.05, 3.63) is 33.3 Å². The van der Waals surface area contributed by atoms with Crippen LogP contribution in [-0.2, 0) is 0 Å². The van der Waals surface area contributed by atoms with Gasteiger partial charge in [-0.05, 0) is 54.5 Å². The van der Waals surface area contributed by atoms with Crippen LogP contribution in [0.25, 0.3) is 0 Å². The van der Waals surface area contributed by atoms with Crippen molar-refractivity contribution in [1.82, 2.24) is 9.80 Å². The summed E-state index contributed by atoms with van der Waals surface area (Å²) in [5.74, 6) is 0.0402. The van der Waals surface area contributed by atoms with E-state index >= 15 is 0 Å². The first kappa shape index (κ1) is 15.8. The van der Waals surface area contributed by atoms with Gasteiger partial charge in [0.05, 0.1) is 10.6 Å². The fourth-order valence-corrected chi connectivity index (χ4v) is 3.26. The average Bonchev–Trinajstić information content (AvgIpc) is 2.62. The Kier molecular flexibility index (Phi) is 5.47. The van der Waals surface area contributed by atoms with Crippen molar-refractivity contribution in [1.29, 1.82) is 0 Å². The van der Waals surface area contributed by atoms with E-state index in [-0.39, 0.29) is 11.9 Å². The van der Waals surface area contributed by atoms with Crippen molar-refractivity contribution >= 4 is 33.4 Å². The molecule has 1 saturated heterocycles. The highest BCUT2D eigenvalue weighted by Crippen LogP contribution is 2.28. The summed E-state index contributed by atoms with van der Waals surface area (Å²) in [6, 6.07) is 5.77. The van der Waals surface area contributed by atoms with Gasteiger partial charge in [0.1, 0.15) is 0 Å². The molecule has 0 saturated carbocycles. The van der Waals surface area contributed by atoms with Crippen LogP contribution in [0.1, 0.15) is 30.1 Å². The first-order valence-electron chi connectivity index (χ1n) is 6.98. The summed E-state index contributed by atoms with van der Waals surface area (Å²) in [6.45, 7) is 4.89. The molecule has 3 nitrogen and oxygen atoms in total. The molecule has 1 aliphatic rings. The molecule has 1 atom stereocenters. The van der Waals surface area contributed by atoms with Crippen molar-refractivity contribution in [3.63, 3.8) is 0 Å². The first-order chi connectivity index (χ1) is 9.54. The number of halogens is 2. The Morgan fingerprint density at radius 3 is 2.90 bits per heavy atom. The molecular formula is C15H20BrClN2O. The fraction of sp³-hybridized carbons (Fsp3) is 0.533. The zero-order valence-corrected chi connectivity index (χ0v) is 14.2. The third-order valence-corrected chi connectivity index (χ3v) is 5.11. The Morgan fingerprint density at radius 2 is 2.20 bits per heavy atom. The van der Waals surface area contributed by atoms with Crippen LogP contribution in [0.4, 0.5) is 0 Å². The lowest BCUT2D eigenvalue weighted by atomic mass is 10.1. The van der Waals surface area contributed by atoms with Crippen LogP contribution in [-0.4, -0.2) is 48.4 Å². The quantitative estimate of drug-likeness (QED) is 0.804. The van der Waals surface area contributed by atoms with Gasteiger partial charge in [-0.2, -0.15) is 0 Å². The van der Waals surface area contributed by atoms with Gasteiger partial charge in [0.15, 0.2) is 0 Å². The van der Waals surface area contributed by atoms with Gasteiger partial charge in [-0.1, -0.05) is 24.6 Å². The summed E-state index contributed by atoms with van der Waals surface area (Å²) in [4.78, 5) is 17.1. The number of nitrogens with zero attached hydrogens (tertiary/aromatic N) is 2. The second kappa shape index (κ2) is 6.92. The van der Waals surface area contributed by atoms with Crippen LogP contribution in [0.5, 0.6) is 0 Å². The Bertz CT molecular complexity index is 495. The van der Waals surface area contributed by atoms with E-state index in [1.165, 1.54) is 0 Å². The molecule has 0 aliphatic carbocycles. The first-order valence-corrected chi connectivity index (χ1v) is 8.15. The van der Waals surface area contributed by atoms with Crippen molar-refractivity contribution in [2.75, 3.05) is 26.7 Å². The smallest absolute Gasteiger partial charge is 0.255 e. The van der Waals surface area contributed by atoms with E-state index in [1.807, 2.05) is 17.0 Å². The van der Waals surface area contributed by atoms with Crippen LogP contribution in [0.3, 0.4) is 0 Å². The Balaban J connectivity index is 2.28. The molecule has 20 heavy (non-hydrogen) atoms. The van der Waals surface area contributed by atoms with E-state index in [4.69, 9.17) is 11.6 Å². The fourth-order valence-electron chi connectivity index (χ4n) is 2.68. The van der Waals surface area contributed by atoms with Gasteiger partial charge in [0.2, 0.25) is 0 Å². The molecule has 1 aliphatic heterocycles. The average molecular weight is 360 g/mol. The molecule has 0 radical (unpaired) electrons. The zero-order chi connectivity index (χ0) is 14.7. The molecule has 5 heteroatoms. The lowest BCUT2D eigenvalue weighted by Gasteiger charge is -2.30. The molecule has 1 aromatic rings. The highest BCUT2D eigenvalue weighted by atomic mass is 79.9. The lowest BCUT2D eigenvalue weighted by Crippen LogP contribution is -2.43. The Morgan fingerprint density at radius 1 is 1.45 bits per heavy atom. The molecule has 1 amide bonds. The topological polar surface area (TPSA) is 23.6 Å². The van der Waals surface area contributed by atoms with Gasteiger partial charge in [-0.25, -0.2) is 0 Å². The SMILES string of the molecule is CCC1CN(C)CCCN1C(=O)c1cccc(Br)c1Cl. The van der Waals surface area contributed by atoms with E-state index < -0.39 is 0 Å². The van der Waals surface area contributed by atoms with Crippen molar-refractivity contribution in [2.24, 2.45) is 0 Å². The van der Waals surface area contributed by atoms with E-state index in [1.54, 1.807) is 6.07 Å². The molecule has 0 N–H and O–H groups in total. The third-order valence-electron chi connectivity index (χ3n) is 3.82. The lowest BCUT2D eigenvalue weighted by molar-refractivity contribution is 0.0676. The summed E-state index contributed by atoms with van der Waals surface area (Å²) in [6.07, 6.45) is 1.96. The number of carbonyl (C=O) groups is 1. The monoisotopic (exact) mass is 358 g/mol. The predicted octanol–water partition coefficient (Wildman–Crippen LogP) is 3.66.